The molecule has 0 aromatic rings. The standard InChI is InChI=1S/C4H13NO5P2/c5-3-1-2-4(6,11(7)8)12(9)10/h6-8,12H,1-3,5H2,(H,9,10). The van der Waals surface area contributed by atoms with Crippen LogP contribution < -0.4 is 5.73 Å². The third-order valence-electron chi connectivity index (χ3n) is 1.40. The van der Waals surface area contributed by atoms with E-state index in [9.17, 15) is 9.67 Å². The van der Waals surface area contributed by atoms with E-state index in [1.54, 1.807) is 0 Å². The van der Waals surface area contributed by atoms with Crippen LogP contribution in [0.1, 0.15) is 12.8 Å². The molecule has 0 saturated carbocycles. The molecule has 0 rings (SSSR count). The van der Waals surface area contributed by atoms with Crippen molar-refractivity contribution in [2.45, 2.75) is 17.9 Å². The smallest absolute Gasteiger partial charge is 0.228 e. The molecule has 0 spiro atoms. The SMILES string of the molecule is NCCCC(O)(P(O)O)[PH](=O)O. The summed E-state index contributed by atoms with van der Waals surface area (Å²) in [5.74, 6) is 0. The van der Waals surface area contributed by atoms with Crippen LogP contribution in [0.25, 0.3) is 0 Å². The van der Waals surface area contributed by atoms with Crippen LogP contribution >= 0.6 is 16.4 Å². The van der Waals surface area contributed by atoms with Gasteiger partial charge in [-0.05, 0) is 19.4 Å². The predicted octanol–water partition coefficient (Wildman–Crippen LogP) is -0.865. The molecule has 8 heteroatoms. The molecule has 0 bridgehead atoms. The molecule has 0 aromatic carbocycles. The number of rotatable bonds is 5. The third kappa shape index (κ3) is 3.07. The van der Waals surface area contributed by atoms with Crippen LogP contribution in [0.4, 0.5) is 0 Å². The van der Waals surface area contributed by atoms with Gasteiger partial charge >= 0.3 is 0 Å². The van der Waals surface area contributed by atoms with Crippen molar-refractivity contribution in [3.8, 4) is 0 Å². The molecule has 2 atom stereocenters. The van der Waals surface area contributed by atoms with Gasteiger partial charge in [-0.1, -0.05) is 0 Å². The van der Waals surface area contributed by atoms with E-state index in [-0.39, 0.29) is 19.4 Å². The zero-order valence-corrected chi connectivity index (χ0v) is 8.24. The van der Waals surface area contributed by atoms with Crippen molar-refractivity contribution >= 4 is 16.4 Å². The lowest BCUT2D eigenvalue weighted by Crippen LogP contribution is -2.22. The molecular formula is C4H13NO5P2. The monoisotopic (exact) mass is 217 g/mol. The van der Waals surface area contributed by atoms with E-state index in [2.05, 4.69) is 0 Å². The molecule has 0 aromatic heterocycles. The average Bonchev–Trinajstić information content (AvgIpc) is 1.99. The summed E-state index contributed by atoms with van der Waals surface area (Å²) in [7, 11) is -6.18. The molecule has 0 fully saturated rings. The maximum atomic E-state index is 10.6. The first-order valence-corrected chi connectivity index (χ1v) is 5.89. The zero-order valence-electron chi connectivity index (χ0n) is 6.34. The molecule has 0 saturated heterocycles. The minimum absolute atomic E-state index is 0.170. The Morgan fingerprint density at radius 1 is 1.50 bits per heavy atom. The molecule has 6 nitrogen and oxygen atoms in total. The van der Waals surface area contributed by atoms with Gasteiger partial charge in [0.25, 0.3) is 0 Å². The van der Waals surface area contributed by atoms with E-state index in [0.717, 1.165) is 0 Å². The normalized spacial score (nSPS) is 19.2. The number of nitrogens with two attached hydrogens (primary N) is 1. The summed E-state index contributed by atoms with van der Waals surface area (Å²) in [5.41, 5.74) is 5.10. The number of hydrogen-bond acceptors (Lipinski definition) is 5. The summed E-state index contributed by atoms with van der Waals surface area (Å²) in [6, 6.07) is 0. The zero-order chi connectivity index (χ0) is 9.78. The molecule has 0 heterocycles. The Kier molecular flexibility index (Phi) is 5.45. The van der Waals surface area contributed by atoms with Crippen LogP contribution in [0.5, 0.6) is 0 Å². The highest BCUT2D eigenvalue weighted by molar-refractivity contribution is 7.62. The minimum atomic E-state index is -3.36. The average molecular weight is 217 g/mol. The van der Waals surface area contributed by atoms with Crippen LogP contribution in [0.15, 0.2) is 0 Å². The van der Waals surface area contributed by atoms with Gasteiger partial charge < -0.3 is 25.5 Å². The van der Waals surface area contributed by atoms with Crippen LogP contribution in [0.2, 0.25) is 0 Å². The van der Waals surface area contributed by atoms with E-state index in [1.807, 2.05) is 0 Å². The number of aliphatic hydroxyl groups is 1. The molecule has 12 heavy (non-hydrogen) atoms. The summed E-state index contributed by atoms with van der Waals surface area (Å²) in [6.45, 7) is 0.223. The highest BCUT2D eigenvalue weighted by Crippen LogP contribution is 2.56. The van der Waals surface area contributed by atoms with E-state index < -0.39 is 21.5 Å². The van der Waals surface area contributed by atoms with Crippen molar-refractivity contribution in [3.63, 3.8) is 0 Å². The Labute approximate surface area is 71.8 Å². The Bertz CT molecular complexity index is 166. The lowest BCUT2D eigenvalue weighted by Gasteiger charge is -2.24. The van der Waals surface area contributed by atoms with Crippen LogP contribution in [-0.2, 0) is 4.57 Å². The van der Waals surface area contributed by atoms with Gasteiger partial charge in [0.15, 0.2) is 0 Å². The van der Waals surface area contributed by atoms with Crippen molar-refractivity contribution in [3.05, 3.63) is 0 Å². The summed E-state index contributed by atoms with van der Waals surface area (Å²) in [6.07, 6.45) is 0.101. The first-order chi connectivity index (χ1) is 5.45. The van der Waals surface area contributed by atoms with Crippen LogP contribution in [0.3, 0.4) is 0 Å². The van der Waals surface area contributed by atoms with Gasteiger partial charge in [0.2, 0.25) is 21.5 Å². The lowest BCUT2D eigenvalue weighted by molar-refractivity contribution is 0.163. The van der Waals surface area contributed by atoms with Gasteiger partial charge in [0.1, 0.15) is 0 Å². The van der Waals surface area contributed by atoms with Gasteiger partial charge in [0, 0.05) is 0 Å². The minimum Gasteiger partial charge on any atom is -0.372 e. The van der Waals surface area contributed by atoms with Crippen molar-refractivity contribution in [1.29, 1.82) is 0 Å². The molecule has 0 aliphatic rings. The van der Waals surface area contributed by atoms with E-state index in [0.29, 0.717) is 0 Å². The highest BCUT2D eigenvalue weighted by atomic mass is 31.2. The van der Waals surface area contributed by atoms with E-state index in [4.69, 9.17) is 20.4 Å². The van der Waals surface area contributed by atoms with Crippen molar-refractivity contribution < 1.29 is 24.4 Å². The summed E-state index contributed by atoms with van der Waals surface area (Å²) in [5, 5.41) is 7.00. The maximum absolute atomic E-state index is 10.6. The third-order valence-corrected chi connectivity index (χ3v) is 4.40. The van der Waals surface area contributed by atoms with E-state index in [1.165, 1.54) is 0 Å². The first kappa shape index (κ1) is 12.5. The molecule has 6 N–H and O–H groups in total. The lowest BCUT2D eigenvalue weighted by atomic mass is 10.3. The van der Waals surface area contributed by atoms with Crippen molar-refractivity contribution in [1.82, 2.24) is 0 Å². The Morgan fingerprint density at radius 2 is 2.00 bits per heavy atom. The van der Waals surface area contributed by atoms with Gasteiger partial charge in [-0.2, -0.15) is 0 Å². The molecule has 0 aliphatic carbocycles. The molecule has 0 amide bonds. The quantitative estimate of drug-likeness (QED) is 0.381. The second-order valence-electron chi connectivity index (χ2n) is 2.30. The van der Waals surface area contributed by atoms with Crippen LogP contribution in [-0.4, -0.2) is 31.4 Å². The molecular weight excluding hydrogens is 204 g/mol. The summed E-state index contributed by atoms with van der Waals surface area (Å²) in [4.78, 5) is 25.9. The van der Waals surface area contributed by atoms with Gasteiger partial charge in [0.05, 0.1) is 0 Å². The van der Waals surface area contributed by atoms with Gasteiger partial charge in [-0.15, -0.1) is 0 Å². The van der Waals surface area contributed by atoms with Gasteiger partial charge in [-0.3, -0.25) is 4.57 Å². The maximum Gasteiger partial charge on any atom is 0.228 e. The Morgan fingerprint density at radius 3 is 2.25 bits per heavy atom. The Hall–Kier alpha value is 0.460. The first-order valence-electron chi connectivity index (χ1n) is 3.29. The fraction of sp³-hybridized carbons (Fsp3) is 1.00. The summed E-state index contributed by atoms with van der Waals surface area (Å²) < 4.78 is 10.6. The second kappa shape index (κ2) is 5.25. The molecule has 0 radical (unpaired) electrons. The Balaban J connectivity index is 4.29. The highest BCUT2D eigenvalue weighted by Gasteiger charge is 2.40. The van der Waals surface area contributed by atoms with Crippen molar-refractivity contribution in [2.75, 3.05) is 6.54 Å². The molecule has 74 valence electrons. The summed E-state index contributed by atoms with van der Waals surface area (Å²) >= 11 is 0. The molecule has 2 unspecified atom stereocenters. The molecule has 0 aliphatic heterocycles. The van der Waals surface area contributed by atoms with Crippen LogP contribution in [0, 0.1) is 0 Å². The van der Waals surface area contributed by atoms with E-state index >= 15 is 0 Å². The van der Waals surface area contributed by atoms with Crippen molar-refractivity contribution in [2.24, 2.45) is 5.73 Å². The number of hydrogen-bond donors (Lipinski definition) is 5. The second-order valence-corrected chi connectivity index (χ2v) is 5.48. The predicted molar refractivity (Wildman–Crippen MR) is 45.8 cm³/mol. The topological polar surface area (TPSA) is 124 Å². The largest absolute Gasteiger partial charge is 0.372 e. The fourth-order valence-electron chi connectivity index (χ4n) is 0.641. The fourth-order valence-corrected chi connectivity index (χ4v) is 2.07. The van der Waals surface area contributed by atoms with Gasteiger partial charge in [-0.25, -0.2) is 0 Å².